The van der Waals surface area contributed by atoms with Crippen molar-refractivity contribution in [3.05, 3.63) is 29.5 Å². The number of hydrogen-bond donors (Lipinski definition) is 0. The van der Waals surface area contributed by atoms with E-state index in [1.165, 1.54) is 7.11 Å². The van der Waals surface area contributed by atoms with E-state index in [0.29, 0.717) is 17.3 Å². The van der Waals surface area contributed by atoms with Gasteiger partial charge in [-0.15, -0.1) is 11.6 Å². The van der Waals surface area contributed by atoms with Gasteiger partial charge in [-0.3, -0.25) is 0 Å². The van der Waals surface area contributed by atoms with Crippen LogP contribution in [-0.4, -0.2) is 17.3 Å². The standard InChI is InChI=1S/C11H11ClN2O2/c1-7-4-3-5-9(13-7)10-8(6-12)11(15-2)14-16-10/h3-5H,6H2,1-2H3. The Balaban J connectivity index is 2.51. The average Bonchev–Trinajstić information content (AvgIpc) is 2.71. The molecule has 0 atom stereocenters. The zero-order chi connectivity index (χ0) is 11.5. The molecule has 0 aliphatic carbocycles. The second kappa shape index (κ2) is 4.53. The lowest BCUT2D eigenvalue weighted by Crippen LogP contribution is -1.90. The summed E-state index contributed by atoms with van der Waals surface area (Å²) in [5.41, 5.74) is 2.35. The number of methoxy groups -OCH3 is 1. The third-order valence-electron chi connectivity index (χ3n) is 2.20. The van der Waals surface area contributed by atoms with Crippen LogP contribution in [0.5, 0.6) is 5.88 Å². The Morgan fingerprint density at radius 1 is 1.44 bits per heavy atom. The molecule has 2 aromatic rings. The minimum absolute atomic E-state index is 0.275. The number of aryl methyl sites for hydroxylation is 1. The molecule has 84 valence electrons. The van der Waals surface area contributed by atoms with Crippen LogP contribution in [0.1, 0.15) is 11.3 Å². The summed E-state index contributed by atoms with van der Waals surface area (Å²) in [6.45, 7) is 1.91. The highest BCUT2D eigenvalue weighted by Gasteiger charge is 2.18. The first-order valence-electron chi connectivity index (χ1n) is 4.78. The van der Waals surface area contributed by atoms with Crippen molar-refractivity contribution in [3.8, 4) is 17.3 Å². The van der Waals surface area contributed by atoms with Gasteiger partial charge in [0.25, 0.3) is 5.88 Å². The van der Waals surface area contributed by atoms with E-state index in [1.54, 1.807) is 0 Å². The van der Waals surface area contributed by atoms with Crippen LogP contribution in [0.2, 0.25) is 0 Å². The first-order chi connectivity index (χ1) is 7.76. The fourth-order valence-electron chi connectivity index (χ4n) is 1.44. The largest absolute Gasteiger partial charge is 0.479 e. The molecule has 0 N–H and O–H groups in total. The molecule has 0 fully saturated rings. The van der Waals surface area contributed by atoms with Crippen LogP contribution in [0, 0.1) is 6.92 Å². The van der Waals surface area contributed by atoms with Gasteiger partial charge in [0.05, 0.1) is 18.6 Å². The third kappa shape index (κ3) is 1.88. The molecule has 2 rings (SSSR count). The van der Waals surface area contributed by atoms with Gasteiger partial charge in [0.2, 0.25) is 0 Å². The second-order valence-electron chi connectivity index (χ2n) is 3.30. The number of hydrogen-bond acceptors (Lipinski definition) is 4. The first kappa shape index (κ1) is 11.0. The molecule has 16 heavy (non-hydrogen) atoms. The summed E-state index contributed by atoms with van der Waals surface area (Å²) >= 11 is 5.84. The van der Waals surface area contributed by atoms with Crippen molar-refractivity contribution in [2.24, 2.45) is 0 Å². The lowest BCUT2D eigenvalue weighted by Gasteiger charge is -1.99. The van der Waals surface area contributed by atoms with Gasteiger partial charge in [0, 0.05) is 5.69 Å². The van der Waals surface area contributed by atoms with Crippen LogP contribution in [0.15, 0.2) is 22.7 Å². The van der Waals surface area contributed by atoms with E-state index in [2.05, 4.69) is 10.1 Å². The summed E-state index contributed by atoms with van der Waals surface area (Å²) < 4.78 is 10.2. The minimum Gasteiger partial charge on any atom is -0.479 e. The molecular formula is C11H11ClN2O2. The molecule has 0 unspecified atom stereocenters. The van der Waals surface area contributed by atoms with Crippen molar-refractivity contribution in [2.75, 3.05) is 7.11 Å². The number of halogens is 1. The summed E-state index contributed by atoms with van der Waals surface area (Å²) in [6.07, 6.45) is 0. The predicted octanol–water partition coefficient (Wildman–Crippen LogP) is 2.79. The van der Waals surface area contributed by atoms with Crippen molar-refractivity contribution in [2.45, 2.75) is 12.8 Å². The quantitative estimate of drug-likeness (QED) is 0.772. The van der Waals surface area contributed by atoms with Crippen LogP contribution >= 0.6 is 11.6 Å². The Bertz CT molecular complexity index is 496. The van der Waals surface area contributed by atoms with E-state index in [0.717, 1.165) is 11.3 Å². The van der Waals surface area contributed by atoms with E-state index >= 15 is 0 Å². The summed E-state index contributed by atoms with van der Waals surface area (Å²) in [5, 5.41) is 3.79. The van der Waals surface area contributed by atoms with Gasteiger partial charge in [-0.25, -0.2) is 4.98 Å². The fraction of sp³-hybridized carbons (Fsp3) is 0.273. The van der Waals surface area contributed by atoms with Gasteiger partial charge >= 0.3 is 0 Å². The smallest absolute Gasteiger partial charge is 0.259 e. The summed E-state index contributed by atoms with van der Waals surface area (Å²) in [6, 6.07) is 5.67. The summed E-state index contributed by atoms with van der Waals surface area (Å²) in [7, 11) is 1.53. The van der Waals surface area contributed by atoms with Crippen molar-refractivity contribution < 1.29 is 9.26 Å². The maximum absolute atomic E-state index is 5.84. The molecule has 4 nitrogen and oxygen atoms in total. The van der Waals surface area contributed by atoms with E-state index in [1.807, 2.05) is 25.1 Å². The Morgan fingerprint density at radius 2 is 2.25 bits per heavy atom. The zero-order valence-electron chi connectivity index (χ0n) is 9.03. The Kier molecular flexibility index (Phi) is 3.10. The number of ether oxygens (including phenoxy) is 1. The summed E-state index contributed by atoms with van der Waals surface area (Å²) in [5.74, 6) is 1.25. The third-order valence-corrected chi connectivity index (χ3v) is 2.47. The van der Waals surface area contributed by atoms with Crippen LogP contribution in [0.4, 0.5) is 0 Å². The zero-order valence-corrected chi connectivity index (χ0v) is 9.78. The van der Waals surface area contributed by atoms with Crippen molar-refractivity contribution in [3.63, 3.8) is 0 Å². The molecule has 0 bridgehead atoms. The molecule has 0 radical (unpaired) electrons. The SMILES string of the molecule is COc1noc(-c2cccc(C)n2)c1CCl. The highest BCUT2D eigenvalue weighted by molar-refractivity contribution is 6.17. The highest BCUT2D eigenvalue weighted by Crippen LogP contribution is 2.30. The normalized spacial score (nSPS) is 10.4. The maximum Gasteiger partial charge on any atom is 0.259 e. The Hall–Kier alpha value is -1.55. The molecule has 2 heterocycles. The van der Waals surface area contributed by atoms with Gasteiger partial charge in [-0.05, 0) is 24.2 Å². The molecule has 5 heteroatoms. The van der Waals surface area contributed by atoms with E-state index < -0.39 is 0 Å². The number of pyridine rings is 1. The van der Waals surface area contributed by atoms with Gasteiger partial charge in [-0.1, -0.05) is 6.07 Å². The lowest BCUT2D eigenvalue weighted by atomic mass is 10.2. The molecular weight excluding hydrogens is 228 g/mol. The van der Waals surface area contributed by atoms with Crippen LogP contribution in [0.3, 0.4) is 0 Å². The van der Waals surface area contributed by atoms with Crippen LogP contribution in [0.25, 0.3) is 11.5 Å². The van der Waals surface area contributed by atoms with E-state index in [9.17, 15) is 0 Å². The number of alkyl halides is 1. The molecule has 0 amide bonds. The molecule has 0 spiro atoms. The highest BCUT2D eigenvalue weighted by atomic mass is 35.5. The van der Waals surface area contributed by atoms with E-state index in [4.69, 9.17) is 20.9 Å². The molecule has 2 aromatic heterocycles. The van der Waals surface area contributed by atoms with E-state index in [-0.39, 0.29) is 5.88 Å². The minimum atomic E-state index is 0.275. The Morgan fingerprint density at radius 3 is 2.88 bits per heavy atom. The van der Waals surface area contributed by atoms with Crippen molar-refractivity contribution in [1.82, 2.24) is 10.1 Å². The van der Waals surface area contributed by atoms with Crippen LogP contribution < -0.4 is 4.74 Å². The van der Waals surface area contributed by atoms with Crippen molar-refractivity contribution in [1.29, 1.82) is 0 Å². The van der Waals surface area contributed by atoms with Crippen molar-refractivity contribution >= 4 is 11.6 Å². The number of rotatable bonds is 3. The maximum atomic E-state index is 5.84. The van der Waals surface area contributed by atoms with Gasteiger partial charge in [-0.2, -0.15) is 0 Å². The molecule has 0 aliphatic rings. The predicted molar refractivity (Wildman–Crippen MR) is 60.6 cm³/mol. The average molecular weight is 239 g/mol. The fourth-order valence-corrected chi connectivity index (χ4v) is 1.68. The second-order valence-corrected chi connectivity index (χ2v) is 3.56. The molecule has 0 saturated heterocycles. The number of nitrogens with zero attached hydrogens (tertiary/aromatic N) is 2. The van der Waals surface area contributed by atoms with Gasteiger partial charge in [0.15, 0.2) is 5.76 Å². The van der Waals surface area contributed by atoms with Gasteiger partial charge in [0.1, 0.15) is 5.69 Å². The molecule has 0 aromatic carbocycles. The number of aromatic nitrogens is 2. The first-order valence-corrected chi connectivity index (χ1v) is 5.32. The topological polar surface area (TPSA) is 48.2 Å². The summed E-state index contributed by atoms with van der Waals surface area (Å²) in [4.78, 5) is 4.35. The monoisotopic (exact) mass is 238 g/mol. The Labute approximate surface area is 98.2 Å². The van der Waals surface area contributed by atoms with Gasteiger partial charge < -0.3 is 9.26 Å². The lowest BCUT2D eigenvalue weighted by molar-refractivity contribution is 0.342. The molecule has 0 aliphatic heterocycles. The molecule has 0 saturated carbocycles. The van der Waals surface area contributed by atoms with Crippen LogP contribution in [-0.2, 0) is 5.88 Å².